The molecule has 0 aliphatic carbocycles. The third-order valence-corrected chi connectivity index (χ3v) is 6.01. The predicted molar refractivity (Wildman–Crippen MR) is 97.4 cm³/mol. The van der Waals surface area contributed by atoms with Crippen molar-refractivity contribution in [2.24, 2.45) is 5.92 Å². The topological polar surface area (TPSA) is 71.5 Å². The van der Waals surface area contributed by atoms with Gasteiger partial charge in [-0.2, -0.15) is 0 Å². The van der Waals surface area contributed by atoms with Gasteiger partial charge in [0.25, 0.3) is 0 Å². The molecule has 0 radical (unpaired) electrons. The van der Waals surface area contributed by atoms with Crippen molar-refractivity contribution >= 4 is 15.7 Å². The molecule has 1 saturated heterocycles. The summed E-state index contributed by atoms with van der Waals surface area (Å²) in [5.74, 6) is 0.994. The minimum absolute atomic E-state index is 0.266. The van der Waals surface area contributed by atoms with Crippen LogP contribution in [0.5, 0.6) is 5.75 Å². The zero-order chi connectivity index (χ0) is 17.7. The highest BCUT2D eigenvalue weighted by Gasteiger charge is 2.22. The highest BCUT2D eigenvalue weighted by Crippen LogP contribution is 2.23. The molecule has 1 N–H and O–H groups in total. The smallest absolute Gasteiger partial charge is 0.240 e. The number of pyridine rings is 1. The average molecular weight is 361 g/mol. The van der Waals surface area contributed by atoms with E-state index in [1.807, 2.05) is 12.1 Å². The number of piperidine rings is 1. The van der Waals surface area contributed by atoms with Crippen molar-refractivity contribution in [1.29, 1.82) is 0 Å². The highest BCUT2D eigenvalue weighted by molar-refractivity contribution is 7.89. The largest absolute Gasteiger partial charge is 0.497 e. The lowest BCUT2D eigenvalue weighted by Gasteiger charge is -2.33. The first kappa shape index (κ1) is 17.7. The first-order valence-electron chi connectivity index (χ1n) is 8.37. The van der Waals surface area contributed by atoms with Crippen molar-refractivity contribution in [1.82, 2.24) is 9.71 Å². The summed E-state index contributed by atoms with van der Waals surface area (Å²) in [4.78, 5) is 6.62. The van der Waals surface area contributed by atoms with Crippen LogP contribution in [0, 0.1) is 5.92 Å². The molecule has 1 aliphatic rings. The first-order valence-corrected chi connectivity index (χ1v) is 9.85. The van der Waals surface area contributed by atoms with Crippen molar-refractivity contribution in [2.45, 2.75) is 17.7 Å². The molecule has 1 aliphatic heterocycles. The molecule has 0 unspecified atom stereocenters. The Morgan fingerprint density at radius 3 is 2.36 bits per heavy atom. The molecule has 1 fully saturated rings. The number of anilines is 1. The number of hydrogen-bond acceptors (Lipinski definition) is 5. The number of benzene rings is 1. The second-order valence-corrected chi connectivity index (χ2v) is 7.93. The summed E-state index contributed by atoms with van der Waals surface area (Å²) >= 11 is 0. The Balaban J connectivity index is 1.52. The normalized spacial score (nSPS) is 16.0. The van der Waals surface area contributed by atoms with E-state index in [1.165, 1.54) is 5.69 Å². The second kappa shape index (κ2) is 7.84. The maximum Gasteiger partial charge on any atom is 0.240 e. The van der Waals surface area contributed by atoms with Gasteiger partial charge in [0.05, 0.1) is 12.0 Å². The molecule has 2 aromatic rings. The van der Waals surface area contributed by atoms with Crippen LogP contribution in [0.1, 0.15) is 12.8 Å². The van der Waals surface area contributed by atoms with Gasteiger partial charge in [-0.1, -0.05) is 0 Å². The molecule has 0 amide bonds. The van der Waals surface area contributed by atoms with Gasteiger partial charge in [-0.15, -0.1) is 0 Å². The predicted octanol–water partition coefficient (Wildman–Crippen LogP) is 2.29. The number of sulfonamides is 1. The van der Waals surface area contributed by atoms with Crippen LogP contribution < -0.4 is 14.4 Å². The molecule has 1 aromatic carbocycles. The van der Waals surface area contributed by atoms with E-state index in [4.69, 9.17) is 4.74 Å². The molecule has 7 heteroatoms. The van der Waals surface area contributed by atoms with Gasteiger partial charge in [-0.3, -0.25) is 4.98 Å². The van der Waals surface area contributed by atoms with E-state index < -0.39 is 10.0 Å². The Kier molecular flexibility index (Phi) is 5.55. The molecule has 0 atom stereocenters. The summed E-state index contributed by atoms with van der Waals surface area (Å²) in [5.41, 5.74) is 1.17. The maximum atomic E-state index is 12.4. The molecule has 134 valence electrons. The average Bonchev–Trinajstić information content (AvgIpc) is 2.67. The molecule has 0 bridgehead atoms. The number of methoxy groups -OCH3 is 1. The molecule has 25 heavy (non-hydrogen) atoms. The Morgan fingerprint density at radius 2 is 1.76 bits per heavy atom. The third kappa shape index (κ3) is 4.49. The maximum absolute atomic E-state index is 12.4. The quantitative estimate of drug-likeness (QED) is 0.855. The lowest BCUT2D eigenvalue weighted by atomic mass is 9.97. The van der Waals surface area contributed by atoms with Gasteiger partial charge in [0, 0.05) is 37.7 Å². The summed E-state index contributed by atoms with van der Waals surface area (Å²) in [6.45, 7) is 2.33. The monoisotopic (exact) mass is 361 g/mol. The molecule has 6 nitrogen and oxygen atoms in total. The van der Waals surface area contributed by atoms with E-state index in [9.17, 15) is 8.42 Å². The number of hydrogen-bond donors (Lipinski definition) is 1. The lowest BCUT2D eigenvalue weighted by molar-refractivity contribution is 0.402. The van der Waals surface area contributed by atoms with Crippen molar-refractivity contribution in [3.8, 4) is 5.75 Å². The molecule has 0 spiro atoms. The van der Waals surface area contributed by atoms with Crippen molar-refractivity contribution in [2.75, 3.05) is 31.6 Å². The number of nitrogens with zero attached hydrogens (tertiary/aromatic N) is 2. The summed E-state index contributed by atoms with van der Waals surface area (Å²) in [6.07, 6.45) is 5.52. The molecular weight excluding hydrogens is 338 g/mol. The summed E-state index contributed by atoms with van der Waals surface area (Å²) in [7, 11) is -1.92. The van der Waals surface area contributed by atoms with E-state index in [-0.39, 0.29) is 4.90 Å². The number of ether oxygens (including phenoxy) is 1. The number of rotatable bonds is 6. The first-order chi connectivity index (χ1) is 12.1. The van der Waals surface area contributed by atoms with Gasteiger partial charge in [0.1, 0.15) is 5.75 Å². The Morgan fingerprint density at radius 1 is 1.12 bits per heavy atom. The van der Waals surface area contributed by atoms with Gasteiger partial charge >= 0.3 is 0 Å². The summed E-state index contributed by atoms with van der Waals surface area (Å²) in [5, 5.41) is 0. The van der Waals surface area contributed by atoms with Crippen LogP contribution in [0.15, 0.2) is 53.7 Å². The van der Waals surface area contributed by atoms with Crippen molar-refractivity contribution in [3.05, 3.63) is 48.8 Å². The number of nitrogens with one attached hydrogen (secondary N) is 1. The molecular formula is C18H23N3O3S. The van der Waals surface area contributed by atoms with Gasteiger partial charge < -0.3 is 9.64 Å². The second-order valence-electron chi connectivity index (χ2n) is 6.16. The van der Waals surface area contributed by atoms with Gasteiger partial charge in [0.2, 0.25) is 10.0 Å². The fraction of sp³-hybridized carbons (Fsp3) is 0.389. The SMILES string of the molecule is COc1ccc(S(=O)(=O)NCC2CCN(c3ccncc3)CC2)cc1. The standard InChI is InChI=1S/C18H23N3O3S/c1-24-17-2-4-18(5-3-17)25(22,23)20-14-15-8-12-21(13-9-15)16-6-10-19-11-7-16/h2-7,10-11,15,20H,8-9,12-14H2,1H3. The van der Waals surface area contributed by atoms with Crippen LogP contribution in [0.25, 0.3) is 0 Å². The van der Waals surface area contributed by atoms with Crippen LogP contribution >= 0.6 is 0 Å². The third-order valence-electron chi connectivity index (χ3n) is 4.57. The number of aromatic nitrogens is 1. The molecule has 2 heterocycles. The zero-order valence-electron chi connectivity index (χ0n) is 14.3. The minimum Gasteiger partial charge on any atom is -0.497 e. The van der Waals surface area contributed by atoms with Crippen LogP contribution in [0.2, 0.25) is 0 Å². The fourth-order valence-corrected chi connectivity index (χ4v) is 4.13. The molecule has 3 rings (SSSR count). The Hall–Kier alpha value is -2.12. The Bertz CT molecular complexity index is 771. The van der Waals surface area contributed by atoms with Gasteiger partial charge in [-0.25, -0.2) is 13.1 Å². The Labute approximate surface area is 148 Å². The minimum atomic E-state index is -3.48. The van der Waals surface area contributed by atoms with Gasteiger partial charge in [0.15, 0.2) is 0 Å². The zero-order valence-corrected chi connectivity index (χ0v) is 15.1. The summed E-state index contributed by atoms with van der Waals surface area (Å²) in [6, 6.07) is 10.4. The van der Waals surface area contributed by atoms with E-state index in [2.05, 4.69) is 14.6 Å². The van der Waals surface area contributed by atoms with E-state index in [1.54, 1.807) is 43.8 Å². The highest BCUT2D eigenvalue weighted by atomic mass is 32.2. The van der Waals surface area contributed by atoms with Crippen LogP contribution in [0.3, 0.4) is 0 Å². The van der Waals surface area contributed by atoms with E-state index in [0.717, 1.165) is 25.9 Å². The lowest BCUT2D eigenvalue weighted by Crippen LogP contribution is -2.38. The van der Waals surface area contributed by atoms with Crippen molar-refractivity contribution < 1.29 is 13.2 Å². The summed E-state index contributed by atoms with van der Waals surface area (Å²) < 4.78 is 32.6. The van der Waals surface area contributed by atoms with E-state index >= 15 is 0 Å². The van der Waals surface area contributed by atoms with Crippen LogP contribution in [0.4, 0.5) is 5.69 Å². The van der Waals surface area contributed by atoms with Crippen molar-refractivity contribution in [3.63, 3.8) is 0 Å². The molecule has 1 aromatic heterocycles. The van der Waals surface area contributed by atoms with E-state index in [0.29, 0.717) is 18.2 Å². The van der Waals surface area contributed by atoms with Crippen LogP contribution in [-0.4, -0.2) is 40.1 Å². The van der Waals surface area contributed by atoms with Gasteiger partial charge in [-0.05, 0) is 55.2 Å². The fourth-order valence-electron chi connectivity index (χ4n) is 3.02. The molecule has 0 saturated carbocycles. The van der Waals surface area contributed by atoms with Crippen LogP contribution in [-0.2, 0) is 10.0 Å².